The molecule has 0 fully saturated rings. The van der Waals surface area contributed by atoms with E-state index in [0.29, 0.717) is 11.5 Å². The predicted molar refractivity (Wildman–Crippen MR) is 128 cm³/mol. The number of fused-ring (bicyclic) bond motifs is 3. The van der Waals surface area contributed by atoms with Gasteiger partial charge in [0, 0.05) is 0 Å². The largest absolute Gasteiger partial charge is 0.465 e. The monoisotopic (exact) mass is 438 g/mol. The van der Waals surface area contributed by atoms with Gasteiger partial charge in [-0.05, 0) is 71.5 Å². The van der Waals surface area contributed by atoms with Crippen LogP contribution in [0.3, 0.4) is 0 Å². The van der Waals surface area contributed by atoms with Gasteiger partial charge in [0.25, 0.3) is 0 Å². The molecule has 0 heterocycles. The maximum absolute atomic E-state index is 9.61. The Labute approximate surface area is 193 Å². The molecule has 0 radical (unpaired) electrons. The highest BCUT2D eigenvalue weighted by atomic mass is 16.6. The molecule has 0 saturated heterocycles. The van der Waals surface area contributed by atoms with Gasteiger partial charge in [-0.3, -0.25) is 0 Å². The normalized spacial score (nSPS) is 15.3. The second kappa shape index (κ2) is 8.39. The first-order valence-electron chi connectivity index (χ1n) is 11.1. The molecule has 2 unspecified atom stereocenters. The van der Waals surface area contributed by atoms with Crippen molar-refractivity contribution in [1.29, 1.82) is 0 Å². The van der Waals surface area contributed by atoms with Crippen LogP contribution in [0.25, 0.3) is 11.1 Å². The van der Waals surface area contributed by atoms with Crippen LogP contribution in [-0.4, -0.2) is 22.8 Å². The van der Waals surface area contributed by atoms with E-state index < -0.39 is 18.0 Å². The van der Waals surface area contributed by atoms with Crippen LogP contribution in [0.2, 0.25) is 0 Å². The second-order valence-corrected chi connectivity index (χ2v) is 8.32. The lowest BCUT2D eigenvalue weighted by Gasteiger charge is -2.34. The molecular formula is C29H26O4. The first-order chi connectivity index (χ1) is 16.0. The topological polar surface area (TPSA) is 58.9 Å². The lowest BCUT2D eigenvalue weighted by atomic mass is 9.68. The molecule has 5 rings (SSSR count). The molecule has 0 aromatic heterocycles. The van der Waals surface area contributed by atoms with Gasteiger partial charge in [0.2, 0.25) is 0 Å². The molecule has 0 amide bonds. The Balaban J connectivity index is 1.75. The van der Waals surface area contributed by atoms with E-state index >= 15 is 0 Å². The molecule has 4 aromatic carbocycles. The van der Waals surface area contributed by atoms with Crippen molar-refractivity contribution in [2.24, 2.45) is 0 Å². The van der Waals surface area contributed by atoms with Gasteiger partial charge < -0.3 is 19.7 Å². The van der Waals surface area contributed by atoms with Crippen LogP contribution in [0.1, 0.15) is 36.1 Å². The van der Waals surface area contributed by atoms with Gasteiger partial charge in [-0.2, -0.15) is 0 Å². The van der Waals surface area contributed by atoms with Crippen molar-refractivity contribution in [3.63, 3.8) is 0 Å². The van der Waals surface area contributed by atoms with Crippen LogP contribution in [0.4, 0.5) is 0 Å². The van der Waals surface area contributed by atoms with Crippen LogP contribution in [0.5, 0.6) is 11.5 Å². The number of hydrogen-bond acceptors (Lipinski definition) is 4. The molecule has 2 N–H and O–H groups in total. The van der Waals surface area contributed by atoms with E-state index in [9.17, 15) is 10.2 Å². The van der Waals surface area contributed by atoms with Crippen molar-refractivity contribution in [1.82, 2.24) is 0 Å². The summed E-state index contributed by atoms with van der Waals surface area (Å²) in [6.45, 7) is 3.19. The molecule has 4 heteroatoms. The summed E-state index contributed by atoms with van der Waals surface area (Å²) in [6.07, 6.45) is -1.75. The van der Waals surface area contributed by atoms with E-state index in [1.54, 1.807) is 13.8 Å². The molecular weight excluding hydrogens is 412 g/mol. The third kappa shape index (κ3) is 3.58. The number of aliphatic hydroxyl groups is 2. The average molecular weight is 439 g/mol. The van der Waals surface area contributed by atoms with E-state index in [-0.39, 0.29) is 0 Å². The molecule has 4 nitrogen and oxygen atoms in total. The molecule has 1 aliphatic rings. The van der Waals surface area contributed by atoms with Crippen molar-refractivity contribution >= 4 is 0 Å². The maximum atomic E-state index is 9.61. The number of hydrogen-bond donors (Lipinski definition) is 2. The zero-order valence-electron chi connectivity index (χ0n) is 18.6. The average Bonchev–Trinajstić information content (AvgIpc) is 3.11. The SMILES string of the molecule is CC(O)Oc1ccc(C2(c3ccc(OC(C)O)cc3)c3ccccc3-c3ccccc32)cc1. The third-order valence-electron chi connectivity index (χ3n) is 6.14. The van der Waals surface area contributed by atoms with E-state index in [4.69, 9.17) is 9.47 Å². The standard InChI is InChI=1S/C29H26O4/c1-19(30)32-23-15-11-21(12-16-23)29(22-13-17-24(18-14-22)33-20(2)31)27-9-5-3-7-25(27)26-8-4-6-10-28(26)29/h3-20,30-31H,1-2H3. The molecule has 33 heavy (non-hydrogen) atoms. The fraction of sp³-hybridized carbons (Fsp3) is 0.172. The highest BCUT2D eigenvalue weighted by molar-refractivity contribution is 5.86. The molecule has 1 aliphatic carbocycles. The van der Waals surface area contributed by atoms with Crippen molar-refractivity contribution in [2.45, 2.75) is 31.8 Å². The summed E-state index contributed by atoms with van der Waals surface area (Å²) in [7, 11) is 0. The quantitative estimate of drug-likeness (QED) is 0.345. The maximum Gasteiger partial charge on any atom is 0.194 e. The lowest BCUT2D eigenvalue weighted by Crippen LogP contribution is -2.28. The number of aliphatic hydroxyl groups excluding tert-OH is 2. The summed E-state index contributed by atoms with van der Waals surface area (Å²) in [6, 6.07) is 32.9. The van der Waals surface area contributed by atoms with Crippen LogP contribution in [-0.2, 0) is 5.41 Å². The van der Waals surface area contributed by atoms with E-state index in [1.165, 1.54) is 22.3 Å². The smallest absolute Gasteiger partial charge is 0.194 e. The Morgan fingerprint density at radius 1 is 0.545 bits per heavy atom. The Morgan fingerprint density at radius 2 is 0.909 bits per heavy atom. The van der Waals surface area contributed by atoms with Crippen LogP contribution < -0.4 is 9.47 Å². The fourth-order valence-electron chi connectivity index (χ4n) is 4.98. The fourth-order valence-corrected chi connectivity index (χ4v) is 4.98. The molecule has 166 valence electrons. The third-order valence-corrected chi connectivity index (χ3v) is 6.14. The van der Waals surface area contributed by atoms with Crippen molar-refractivity contribution in [3.8, 4) is 22.6 Å². The van der Waals surface area contributed by atoms with E-state index in [2.05, 4.69) is 72.8 Å². The zero-order valence-corrected chi connectivity index (χ0v) is 18.6. The van der Waals surface area contributed by atoms with Crippen LogP contribution >= 0.6 is 0 Å². The summed E-state index contributed by atoms with van der Waals surface area (Å²) >= 11 is 0. The van der Waals surface area contributed by atoms with Gasteiger partial charge in [-0.25, -0.2) is 0 Å². The van der Waals surface area contributed by atoms with Gasteiger partial charge in [0.1, 0.15) is 11.5 Å². The second-order valence-electron chi connectivity index (χ2n) is 8.32. The first-order valence-corrected chi connectivity index (χ1v) is 11.1. The van der Waals surface area contributed by atoms with Gasteiger partial charge >= 0.3 is 0 Å². The summed E-state index contributed by atoms with van der Waals surface area (Å²) in [4.78, 5) is 0. The van der Waals surface area contributed by atoms with Crippen molar-refractivity contribution in [3.05, 3.63) is 119 Å². The minimum atomic E-state index is -0.876. The zero-order chi connectivity index (χ0) is 23.0. The Bertz CT molecular complexity index is 1160. The minimum Gasteiger partial charge on any atom is -0.465 e. The van der Waals surface area contributed by atoms with E-state index in [0.717, 1.165) is 11.1 Å². The summed E-state index contributed by atoms with van der Waals surface area (Å²) in [5, 5.41) is 19.2. The Hall–Kier alpha value is -3.60. The van der Waals surface area contributed by atoms with Crippen molar-refractivity contribution < 1.29 is 19.7 Å². The lowest BCUT2D eigenvalue weighted by molar-refractivity contribution is -0.000873. The number of benzene rings is 4. The van der Waals surface area contributed by atoms with Crippen LogP contribution in [0.15, 0.2) is 97.1 Å². The minimum absolute atomic E-state index is 0.528. The molecule has 0 saturated carbocycles. The van der Waals surface area contributed by atoms with Crippen molar-refractivity contribution in [2.75, 3.05) is 0 Å². The summed E-state index contributed by atoms with van der Waals surface area (Å²) < 4.78 is 11.0. The number of ether oxygens (including phenoxy) is 2. The molecule has 2 atom stereocenters. The Morgan fingerprint density at radius 3 is 1.27 bits per heavy atom. The molecule has 0 bridgehead atoms. The van der Waals surface area contributed by atoms with Gasteiger partial charge in [-0.15, -0.1) is 0 Å². The number of rotatable bonds is 6. The predicted octanol–water partition coefficient (Wildman–Crippen LogP) is 5.48. The molecule has 0 spiro atoms. The summed E-state index contributed by atoms with van der Waals surface area (Å²) in [5.74, 6) is 1.23. The highest BCUT2D eigenvalue weighted by Gasteiger charge is 2.45. The molecule has 0 aliphatic heterocycles. The van der Waals surface area contributed by atoms with E-state index in [1.807, 2.05) is 24.3 Å². The van der Waals surface area contributed by atoms with Gasteiger partial charge in [0.05, 0.1) is 5.41 Å². The van der Waals surface area contributed by atoms with Gasteiger partial charge in [0.15, 0.2) is 12.6 Å². The Kier molecular flexibility index (Phi) is 5.41. The van der Waals surface area contributed by atoms with Gasteiger partial charge in [-0.1, -0.05) is 72.8 Å². The highest BCUT2D eigenvalue weighted by Crippen LogP contribution is 2.56. The molecule has 4 aromatic rings. The summed E-state index contributed by atoms with van der Waals surface area (Å²) in [5.41, 5.74) is 6.51. The first kappa shape index (κ1) is 21.3. The van der Waals surface area contributed by atoms with Crippen LogP contribution in [0, 0.1) is 0 Å².